The average Bonchev–Trinajstić information content (AvgIpc) is 2.38. The van der Waals surface area contributed by atoms with Crippen LogP contribution in [-0.2, 0) is 4.79 Å². The van der Waals surface area contributed by atoms with Crippen LogP contribution in [0.1, 0.15) is 17.3 Å². The van der Waals surface area contributed by atoms with Crippen LogP contribution in [0.15, 0.2) is 53.0 Å². The number of rotatable bonds is 3. The molecule has 0 aliphatic carbocycles. The highest BCUT2D eigenvalue weighted by Gasteiger charge is 2.09. The summed E-state index contributed by atoms with van der Waals surface area (Å²) in [5, 5.41) is 5.46. The van der Waals surface area contributed by atoms with Crippen LogP contribution in [0.25, 0.3) is 0 Å². The number of halogens is 1. The van der Waals surface area contributed by atoms with E-state index in [0.29, 0.717) is 16.9 Å². The van der Waals surface area contributed by atoms with Gasteiger partial charge in [0.05, 0.1) is 5.56 Å². The molecule has 0 spiro atoms. The number of amides is 2. The average molecular weight is 333 g/mol. The highest BCUT2D eigenvalue weighted by atomic mass is 79.9. The van der Waals surface area contributed by atoms with Gasteiger partial charge >= 0.3 is 0 Å². The van der Waals surface area contributed by atoms with Crippen molar-refractivity contribution in [2.45, 2.75) is 6.92 Å². The van der Waals surface area contributed by atoms with E-state index in [2.05, 4.69) is 26.6 Å². The summed E-state index contributed by atoms with van der Waals surface area (Å²) in [6.45, 7) is 1.44. The second kappa shape index (κ2) is 6.34. The van der Waals surface area contributed by atoms with Gasteiger partial charge in [-0.05, 0) is 46.3 Å². The summed E-state index contributed by atoms with van der Waals surface area (Å²) < 4.78 is 0.732. The maximum Gasteiger partial charge on any atom is 0.256 e. The second-order valence-electron chi connectivity index (χ2n) is 4.20. The zero-order valence-corrected chi connectivity index (χ0v) is 12.4. The van der Waals surface area contributed by atoms with E-state index >= 15 is 0 Å². The molecular weight excluding hydrogens is 320 g/mol. The topological polar surface area (TPSA) is 58.2 Å². The summed E-state index contributed by atoms with van der Waals surface area (Å²) in [7, 11) is 0. The van der Waals surface area contributed by atoms with Gasteiger partial charge in [-0.15, -0.1) is 0 Å². The Morgan fingerprint density at radius 3 is 2.25 bits per heavy atom. The van der Waals surface area contributed by atoms with E-state index in [-0.39, 0.29) is 11.8 Å². The van der Waals surface area contributed by atoms with Gasteiger partial charge in [-0.25, -0.2) is 0 Å². The Kier molecular flexibility index (Phi) is 4.53. The van der Waals surface area contributed by atoms with Crippen LogP contribution in [0, 0.1) is 0 Å². The molecule has 0 aliphatic heterocycles. The molecular formula is C15H13BrN2O2. The van der Waals surface area contributed by atoms with Gasteiger partial charge in [0.1, 0.15) is 0 Å². The van der Waals surface area contributed by atoms with Crippen LogP contribution in [0.5, 0.6) is 0 Å². The van der Waals surface area contributed by atoms with Gasteiger partial charge in [0.15, 0.2) is 0 Å². The second-order valence-corrected chi connectivity index (χ2v) is 5.05. The first kappa shape index (κ1) is 14.3. The maximum atomic E-state index is 12.1. The van der Waals surface area contributed by atoms with Crippen molar-refractivity contribution in [2.24, 2.45) is 0 Å². The van der Waals surface area contributed by atoms with Crippen molar-refractivity contribution in [3.63, 3.8) is 0 Å². The fourth-order valence-electron chi connectivity index (χ4n) is 1.72. The summed E-state index contributed by atoms with van der Waals surface area (Å²) >= 11 is 3.34. The van der Waals surface area contributed by atoms with Crippen LogP contribution in [-0.4, -0.2) is 11.8 Å². The van der Waals surface area contributed by atoms with Gasteiger partial charge in [0.25, 0.3) is 5.91 Å². The molecule has 2 aromatic rings. The van der Waals surface area contributed by atoms with Gasteiger partial charge in [0, 0.05) is 22.8 Å². The van der Waals surface area contributed by atoms with E-state index in [1.165, 1.54) is 6.92 Å². The van der Waals surface area contributed by atoms with Crippen LogP contribution in [0.2, 0.25) is 0 Å². The molecule has 102 valence electrons. The lowest BCUT2D eigenvalue weighted by Crippen LogP contribution is -2.13. The summed E-state index contributed by atoms with van der Waals surface area (Å²) in [5.41, 5.74) is 1.82. The molecule has 0 bridgehead atoms. The highest BCUT2D eigenvalue weighted by molar-refractivity contribution is 9.10. The van der Waals surface area contributed by atoms with Crippen LogP contribution in [0.4, 0.5) is 11.4 Å². The fourth-order valence-corrected chi connectivity index (χ4v) is 2.19. The van der Waals surface area contributed by atoms with Gasteiger partial charge in [-0.3, -0.25) is 9.59 Å². The summed E-state index contributed by atoms with van der Waals surface area (Å²) in [6, 6.07) is 14.2. The fraction of sp³-hybridized carbons (Fsp3) is 0.0667. The van der Waals surface area contributed by atoms with Gasteiger partial charge in [-0.1, -0.05) is 18.2 Å². The number of carbonyl (C=O) groups excluding carboxylic acids is 2. The van der Waals surface area contributed by atoms with Crippen LogP contribution >= 0.6 is 15.9 Å². The third-order valence-corrected chi connectivity index (χ3v) is 3.25. The van der Waals surface area contributed by atoms with Crippen molar-refractivity contribution in [1.82, 2.24) is 0 Å². The van der Waals surface area contributed by atoms with Crippen LogP contribution < -0.4 is 10.6 Å². The molecule has 0 saturated heterocycles. The molecule has 0 atom stereocenters. The number of benzene rings is 2. The molecule has 0 unspecified atom stereocenters. The minimum Gasteiger partial charge on any atom is -0.326 e. The molecule has 0 aliphatic rings. The number of anilines is 2. The monoisotopic (exact) mass is 332 g/mol. The third-order valence-electron chi connectivity index (χ3n) is 2.56. The standard InChI is InChI=1S/C15H13BrN2O2/c1-10(19)17-11-5-4-6-12(9-11)18-15(20)13-7-2-3-8-14(13)16/h2-9H,1H3,(H,17,19)(H,18,20). The third kappa shape index (κ3) is 3.68. The molecule has 0 fully saturated rings. The van der Waals surface area contributed by atoms with Gasteiger partial charge < -0.3 is 10.6 Å². The first-order valence-electron chi connectivity index (χ1n) is 6.00. The van der Waals surface area contributed by atoms with Gasteiger partial charge in [0.2, 0.25) is 5.91 Å². The molecule has 0 saturated carbocycles. The summed E-state index contributed by atoms with van der Waals surface area (Å²) in [4.78, 5) is 23.1. The Balaban J connectivity index is 2.16. The van der Waals surface area contributed by atoms with E-state index in [1.54, 1.807) is 36.4 Å². The van der Waals surface area contributed by atoms with Crippen molar-refractivity contribution in [3.8, 4) is 0 Å². The summed E-state index contributed by atoms with van der Waals surface area (Å²) in [5.74, 6) is -0.364. The molecule has 20 heavy (non-hydrogen) atoms. The van der Waals surface area contributed by atoms with E-state index in [1.807, 2.05) is 12.1 Å². The molecule has 2 aromatic carbocycles. The first-order valence-corrected chi connectivity index (χ1v) is 6.79. The highest BCUT2D eigenvalue weighted by Crippen LogP contribution is 2.19. The first-order chi connectivity index (χ1) is 9.56. The smallest absolute Gasteiger partial charge is 0.256 e. The van der Waals surface area contributed by atoms with E-state index < -0.39 is 0 Å². The van der Waals surface area contributed by atoms with Crippen molar-refractivity contribution < 1.29 is 9.59 Å². The number of hydrogen-bond donors (Lipinski definition) is 2. The Morgan fingerprint density at radius 2 is 1.60 bits per heavy atom. The van der Waals surface area contributed by atoms with Crippen molar-refractivity contribution >= 4 is 39.1 Å². The Labute approximate surface area is 125 Å². The number of carbonyl (C=O) groups is 2. The lowest BCUT2D eigenvalue weighted by Gasteiger charge is -2.08. The summed E-state index contributed by atoms with van der Waals surface area (Å²) in [6.07, 6.45) is 0. The molecule has 2 amide bonds. The Bertz CT molecular complexity index is 656. The molecule has 2 N–H and O–H groups in total. The predicted molar refractivity (Wildman–Crippen MR) is 82.8 cm³/mol. The number of nitrogens with one attached hydrogen (secondary N) is 2. The van der Waals surface area contributed by atoms with Gasteiger partial charge in [-0.2, -0.15) is 0 Å². The molecule has 2 rings (SSSR count). The van der Waals surface area contributed by atoms with Crippen molar-refractivity contribution in [1.29, 1.82) is 0 Å². The quantitative estimate of drug-likeness (QED) is 0.901. The van der Waals surface area contributed by atoms with E-state index in [9.17, 15) is 9.59 Å². The minimum atomic E-state index is -0.211. The zero-order valence-electron chi connectivity index (χ0n) is 10.8. The Hall–Kier alpha value is -2.14. The zero-order chi connectivity index (χ0) is 14.5. The van der Waals surface area contributed by atoms with Crippen molar-refractivity contribution in [3.05, 3.63) is 58.6 Å². The molecule has 0 radical (unpaired) electrons. The van der Waals surface area contributed by atoms with Crippen molar-refractivity contribution in [2.75, 3.05) is 10.6 Å². The largest absolute Gasteiger partial charge is 0.326 e. The Morgan fingerprint density at radius 1 is 0.950 bits per heavy atom. The molecule has 0 heterocycles. The van der Waals surface area contributed by atoms with E-state index in [4.69, 9.17) is 0 Å². The lowest BCUT2D eigenvalue weighted by molar-refractivity contribution is -0.114. The number of hydrogen-bond acceptors (Lipinski definition) is 2. The minimum absolute atomic E-state index is 0.153. The molecule has 5 heteroatoms. The maximum absolute atomic E-state index is 12.1. The SMILES string of the molecule is CC(=O)Nc1cccc(NC(=O)c2ccccc2Br)c1. The van der Waals surface area contributed by atoms with Crippen LogP contribution in [0.3, 0.4) is 0 Å². The molecule has 0 aromatic heterocycles. The predicted octanol–water partition coefficient (Wildman–Crippen LogP) is 3.66. The molecule has 4 nitrogen and oxygen atoms in total. The lowest BCUT2D eigenvalue weighted by atomic mass is 10.2. The normalized spacial score (nSPS) is 9.90. The van der Waals surface area contributed by atoms with E-state index in [0.717, 1.165) is 4.47 Å².